The van der Waals surface area contributed by atoms with Crippen molar-refractivity contribution in [3.05, 3.63) is 12.3 Å². The van der Waals surface area contributed by atoms with Gasteiger partial charge in [0.2, 0.25) is 0 Å². The van der Waals surface area contributed by atoms with Gasteiger partial charge in [0.05, 0.1) is 0 Å². The second kappa shape index (κ2) is 6.03. The number of hydrazine groups is 1. The van der Waals surface area contributed by atoms with Gasteiger partial charge in [0.25, 0.3) is 0 Å². The molecule has 13 heavy (non-hydrogen) atoms. The summed E-state index contributed by atoms with van der Waals surface area (Å²) in [6.07, 6.45) is 9.86. The number of likely N-dealkylation sites (N-methyl/N-ethyl adjacent to an activating group) is 1. The Labute approximate surface area is 82.2 Å². The summed E-state index contributed by atoms with van der Waals surface area (Å²) in [7, 11) is 0. The van der Waals surface area contributed by atoms with Gasteiger partial charge in [0.1, 0.15) is 0 Å². The Balaban J connectivity index is 2.09. The number of rotatable bonds is 6. The third-order valence-corrected chi connectivity index (χ3v) is 2.56. The third-order valence-electron chi connectivity index (χ3n) is 2.56. The highest BCUT2D eigenvalue weighted by Crippen LogP contribution is 2.09. The zero-order chi connectivity index (χ0) is 9.52. The Kier molecular flexibility index (Phi) is 4.91. The second-order valence-corrected chi connectivity index (χ2v) is 3.61. The first-order chi connectivity index (χ1) is 6.38. The molecule has 0 N–H and O–H groups in total. The molecule has 0 aromatic heterocycles. The predicted octanol–water partition coefficient (Wildman–Crippen LogP) is 2.63. The first kappa shape index (κ1) is 10.6. The number of hydrogen-bond donors (Lipinski definition) is 0. The van der Waals surface area contributed by atoms with Crippen molar-refractivity contribution in [1.29, 1.82) is 0 Å². The average Bonchev–Trinajstić information content (AvgIpc) is 2.60. The van der Waals surface area contributed by atoms with Crippen LogP contribution in [0.15, 0.2) is 12.3 Å². The van der Waals surface area contributed by atoms with E-state index in [0.717, 1.165) is 13.1 Å². The van der Waals surface area contributed by atoms with Gasteiger partial charge < -0.3 is 5.01 Å². The predicted molar refractivity (Wildman–Crippen MR) is 57.2 cm³/mol. The molecule has 0 spiro atoms. The van der Waals surface area contributed by atoms with Crippen molar-refractivity contribution < 1.29 is 0 Å². The fourth-order valence-corrected chi connectivity index (χ4v) is 1.72. The Morgan fingerprint density at radius 1 is 1.15 bits per heavy atom. The van der Waals surface area contributed by atoms with Gasteiger partial charge in [-0.1, -0.05) is 39.2 Å². The molecule has 0 aromatic rings. The smallest absolute Gasteiger partial charge is 0.0378 e. The highest BCUT2D eigenvalue weighted by molar-refractivity contribution is 4.90. The lowest BCUT2D eigenvalue weighted by Gasteiger charge is -2.27. The summed E-state index contributed by atoms with van der Waals surface area (Å²) in [6.45, 7) is 7.90. The maximum Gasteiger partial charge on any atom is 0.0378 e. The molecule has 0 aliphatic carbocycles. The lowest BCUT2D eigenvalue weighted by molar-refractivity contribution is 0.0565. The van der Waals surface area contributed by atoms with E-state index < -0.39 is 0 Å². The number of hydrogen-bond acceptors (Lipinski definition) is 2. The van der Waals surface area contributed by atoms with Gasteiger partial charge in [-0.15, -0.1) is 0 Å². The van der Waals surface area contributed by atoms with Crippen LogP contribution in [-0.4, -0.2) is 29.7 Å². The quantitative estimate of drug-likeness (QED) is 0.583. The molecule has 0 amide bonds. The molecule has 0 bridgehead atoms. The van der Waals surface area contributed by atoms with E-state index in [0.29, 0.717) is 0 Å². The van der Waals surface area contributed by atoms with Crippen molar-refractivity contribution >= 4 is 0 Å². The minimum atomic E-state index is 1.10. The van der Waals surface area contributed by atoms with Crippen molar-refractivity contribution in [2.24, 2.45) is 0 Å². The molecule has 1 aliphatic rings. The maximum absolute atomic E-state index is 2.38. The van der Waals surface area contributed by atoms with Gasteiger partial charge in [-0.05, 0) is 6.42 Å². The van der Waals surface area contributed by atoms with Gasteiger partial charge in [-0.3, -0.25) is 0 Å². The molecule has 0 saturated carbocycles. The molecule has 1 rings (SSSR count). The van der Waals surface area contributed by atoms with Crippen LogP contribution in [0, 0.1) is 0 Å². The van der Waals surface area contributed by atoms with Gasteiger partial charge in [0, 0.05) is 25.8 Å². The monoisotopic (exact) mass is 182 g/mol. The SMILES string of the molecule is CCCCCCN1C=CCN1CC. The Bertz CT molecular complexity index is 154. The molecule has 1 heterocycles. The van der Waals surface area contributed by atoms with Crippen molar-refractivity contribution in [3.63, 3.8) is 0 Å². The zero-order valence-corrected chi connectivity index (χ0v) is 9.00. The van der Waals surface area contributed by atoms with Crippen molar-refractivity contribution in [2.75, 3.05) is 19.6 Å². The fourth-order valence-electron chi connectivity index (χ4n) is 1.72. The van der Waals surface area contributed by atoms with Crippen LogP contribution in [-0.2, 0) is 0 Å². The van der Waals surface area contributed by atoms with Crippen LogP contribution in [0.1, 0.15) is 39.5 Å². The molecule has 2 nitrogen and oxygen atoms in total. The second-order valence-electron chi connectivity index (χ2n) is 3.61. The largest absolute Gasteiger partial charge is 0.313 e. The van der Waals surface area contributed by atoms with Crippen LogP contribution in [0.4, 0.5) is 0 Å². The average molecular weight is 182 g/mol. The maximum atomic E-state index is 2.38. The molecular formula is C11H22N2. The van der Waals surface area contributed by atoms with Crippen LogP contribution in [0.25, 0.3) is 0 Å². The third kappa shape index (κ3) is 3.39. The van der Waals surface area contributed by atoms with E-state index in [1.807, 2.05) is 0 Å². The summed E-state index contributed by atoms with van der Waals surface area (Å²) in [5, 5.41) is 4.74. The van der Waals surface area contributed by atoms with Crippen LogP contribution in [0.3, 0.4) is 0 Å². The van der Waals surface area contributed by atoms with Crippen LogP contribution < -0.4 is 0 Å². The van der Waals surface area contributed by atoms with E-state index in [1.54, 1.807) is 0 Å². The number of nitrogens with zero attached hydrogens (tertiary/aromatic N) is 2. The zero-order valence-electron chi connectivity index (χ0n) is 9.00. The molecular weight excluding hydrogens is 160 g/mol. The minimum Gasteiger partial charge on any atom is -0.313 e. The molecule has 2 heteroatoms. The summed E-state index contributed by atoms with van der Waals surface area (Å²) in [6, 6.07) is 0. The first-order valence-corrected chi connectivity index (χ1v) is 5.56. The summed E-state index contributed by atoms with van der Waals surface area (Å²) >= 11 is 0. The molecule has 0 unspecified atom stereocenters. The molecule has 0 atom stereocenters. The highest BCUT2D eigenvalue weighted by Gasteiger charge is 2.12. The summed E-state index contributed by atoms with van der Waals surface area (Å²) in [5.74, 6) is 0. The van der Waals surface area contributed by atoms with Gasteiger partial charge in [-0.2, -0.15) is 0 Å². The highest BCUT2D eigenvalue weighted by atomic mass is 15.6. The van der Waals surface area contributed by atoms with E-state index >= 15 is 0 Å². The van der Waals surface area contributed by atoms with Crippen molar-refractivity contribution in [2.45, 2.75) is 39.5 Å². The normalized spacial score (nSPS) is 17.2. The first-order valence-electron chi connectivity index (χ1n) is 5.56. The Morgan fingerprint density at radius 3 is 2.69 bits per heavy atom. The van der Waals surface area contributed by atoms with Crippen LogP contribution in [0.5, 0.6) is 0 Å². The van der Waals surface area contributed by atoms with Crippen molar-refractivity contribution in [3.8, 4) is 0 Å². The fraction of sp³-hybridized carbons (Fsp3) is 0.818. The van der Waals surface area contributed by atoms with E-state index in [2.05, 4.69) is 36.1 Å². The topological polar surface area (TPSA) is 6.48 Å². The van der Waals surface area contributed by atoms with Crippen LogP contribution in [0.2, 0.25) is 0 Å². The Morgan fingerprint density at radius 2 is 2.00 bits per heavy atom. The van der Waals surface area contributed by atoms with Gasteiger partial charge in [0.15, 0.2) is 0 Å². The Hall–Kier alpha value is -0.500. The van der Waals surface area contributed by atoms with E-state index in [1.165, 1.54) is 32.2 Å². The molecule has 0 aromatic carbocycles. The lowest BCUT2D eigenvalue weighted by atomic mass is 10.2. The van der Waals surface area contributed by atoms with E-state index in [4.69, 9.17) is 0 Å². The number of unbranched alkanes of at least 4 members (excludes halogenated alkanes) is 3. The van der Waals surface area contributed by atoms with E-state index in [9.17, 15) is 0 Å². The standard InChI is InChI=1S/C11H22N2/c1-3-5-6-7-9-13-11-8-10-12(13)4-2/h8,11H,3-7,9-10H2,1-2H3. The summed E-state index contributed by atoms with van der Waals surface area (Å²) in [4.78, 5) is 0. The molecule has 1 aliphatic heterocycles. The van der Waals surface area contributed by atoms with Gasteiger partial charge in [-0.25, -0.2) is 5.01 Å². The molecule has 0 radical (unpaired) electrons. The minimum absolute atomic E-state index is 1.10. The van der Waals surface area contributed by atoms with E-state index in [-0.39, 0.29) is 0 Å². The molecule has 0 saturated heterocycles. The van der Waals surface area contributed by atoms with Crippen LogP contribution >= 0.6 is 0 Å². The lowest BCUT2D eigenvalue weighted by Crippen LogP contribution is -2.35. The van der Waals surface area contributed by atoms with Gasteiger partial charge >= 0.3 is 0 Å². The summed E-state index contributed by atoms with van der Waals surface area (Å²) in [5.41, 5.74) is 0. The van der Waals surface area contributed by atoms with Crippen molar-refractivity contribution in [1.82, 2.24) is 10.0 Å². The summed E-state index contributed by atoms with van der Waals surface area (Å²) < 4.78 is 0. The molecule has 0 fully saturated rings. The molecule has 76 valence electrons.